The highest BCUT2D eigenvalue weighted by molar-refractivity contribution is 5.93. The number of rotatable bonds is 4. The highest BCUT2D eigenvalue weighted by Crippen LogP contribution is 2.33. The summed E-state index contributed by atoms with van der Waals surface area (Å²) in [4.78, 5) is 18.2. The second-order valence-corrected chi connectivity index (χ2v) is 8.06. The Morgan fingerprint density at radius 2 is 1.90 bits per heavy atom. The van der Waals surface area contributed by atoms with Crippen molar-refractivity contribution in [3.05, 3.63) is 85.2 Å². The first kappa shape index (κ1) is 19.2. The Morgan fingerprint density at radius 1 is 1.10 bits per heavy atom. The molecular formula is C26H24N4O. The van der Waals surface area contributed by atoms with Gasteiger partial charge in [0.1, 0.15) is 5.69 Å². The number of fused-ring (bicyclic) bond motifs is 1. The number of pyridine rings is 1. The van der Waals surface area contributed by atoms with Gasteiger partial charge in [-0.1, -0.05) is 60.7 Å². The van der Waals surface area contributed by atoms with Gasteiger partial charge in [0.25, 0.3) is 0 Å². The molecule has 1 saturated heterocycles. The molecule has 0 N–H and O–H groups in total. The van der Waals surface area contributed by atoms with E-state index in [0.29, 0.717) is 6.54 Å². The summed E-state index contributed by atoms with van der Waals surface area (Å²) in [5.74, 6) is -0.0208. The van der Waals surface area contributed by atoms with Gasteiger partial charge in [0.15, 0.2) is 0 Å². The summed E-state index contributed by atoms with van der Waals surface area (Å²) in [6, 6.07) is 19.2. The predicted octanol–water partition coefficient (Wildman–Crippen LogP) is 5.03. The summed E-state index contributed by atoms with van der Waals surface area (Å²) in [6.07, 6.45) is 5.94. The number of nitrogens with zero attached hydrogens (tertiary/aromatic N) is 4. The largest absolute Gasteiger partial charge is 0.337 e. The fourth-order valence-corrected chi connectivity index (χ4v) is 4.39. The van der Waals surface area contributed by atoms with Crippen LogP contribution in [0.3, 0.4) is 0 Å². The fraction of sp³-hybridized carbons (Fsp3) is 0.192. The quantitative estimate of drug-likeness (QED) is 0.445. The minimum absolute atomic E-state index is 0.0208. The molecular weight excluding hydrogens is 384 g/mol. The van der Waals surface area contributed by atoms with Crippen LogP contribution < -0.4 is 0 Å². The molecule has 0 aliphatic carbocycles. The molecule has 154 valence electrons. The fourth-order valence-electron chi connectivity index (χ4n) is 4.39. The van der Waals surface area contributed by atoms with E-state index in [4.69, 9.17) is 5.10 Å². The van der Waals surface area contributed by atoms with Crippen molar-refractivity contribution in [1.82, 2.24) is 19.7 Å². The summed E-state index contributed by atoms with van der Waals surface area (Å²) in [5, 5.41) is 6.02. The van der Waals surface area contributed by atoms with Crippen molar-refractivity contribution in [1.29, 1.82) is 0 Å². The highest BCUT2D eigenvalue weighted by Gasteiger charge is 2.28. The zero-order valence-corrected chi connectivity index (χ0v) is 17.5. The van der Waals surface area contributed by atoms with Gasteiger partial charge >= 0.3 is 0 Å². The Kier molecular flexibility index (Phi) is 4.86. The van der Waals surface area contributed by atoms with Gasteiger partial charge in [-0.3, -0.25) is 14.5 Å². The topological polar surface area (TPSA) is 51.0 Å². The van der Waals surface area contributed by atoms with Crippen LogP contribution in [0.2, 0.25) is 0 Å². The minimum atomic E-state index is -0.0208. The Hall–Kier alpha value is -3.73. The molecule has 0 radical (unpaired) electrons. The van der Waals surface area contributed by atoms with Crippen LogP contribution in [0, 0.1) is 6.92 Å². The summed E-state index contributed by atoms with van der Waals surface area (Å²) in [6.45, 7) is 7.09. The van der Waals surface area contributed by atoms with Gasteiger partial charge in [-0.15, -0.1) is 0 Å². The van der Waals surface area contributed by atoms with Crippen molar-refractivity contribution in [2.45, 2.75) is 19.4 Å². The van der Waals surface area contributed by atoms with E-state index in [1.54, 1.807) is 6.20 Å². The molecule has 1 aliphatic rings. The van der Waals surface area contributed by atoms with E-state index in [2.05, 4.69) is 71.7 Å². The van der Waals surface area contributed by atoms with Gasteiger partial charge in [0.2, 0.25) is 5.91 Å². The lowest BCUT2D eigenvalue weighted by Crippen LogP contribution is -2.27. The molecule has 2 aromatic heterocycles. The number of carbonyl (C=O) groups excluding carboxylic acids is 1. The van der Waals surface area contributed by atoms with Crippen molar-refractivity contribution in [3.63, 3.8) is 0 Å². The SMILES string of the molecule is C=CC(=O)N1CC[C@@H](n2nc(-c3ccc(-c4cccc(C)c4)cc3)c3cnccc32)C1. The van der Waals surface area contributed by atoms with Crippen molar-refractivity contribution < 1.29 is 4.79 Å². The monoisotopic (exact) mass is 408 g/mol. The van der Waals surface area contributed by atoms with Gasteiger partial charge in [-0.05, 0) is 36.6 Å². The first-order valence-corrected chi connectivity index (χ1v) is 10.5. The van der Waals surface area contributed by atoms with Crippen LogP contribution in [0.25, 0.3) is 33.3 Å². The van der Waals surface area contributed by atoms with Crippen molar-refractivity contribution in [2.75, 3.05) is 13.1 Å². The summed E-state index contributed by atoms with van der Waals surface area (Å²) >= 11 is 0. The molecule has 0 unspecified atom stereocenters. The number of aryl methyl sites for hydroxylation is 1. The maximum atomic E-state index is 12.0. The van der Waals surface area contributed by atoms with Crippen LogP contribution in [0.15, 0.2) is 79.6 Å². The molecule has 0 saturated carbocycles. The Labute approximate surface area is 181 Å². The van der Waals surface area contributed by atoms with E-state index in [1.807, 2.05) is 17.2 Å². The Balaban J connectivity index is 1.51. The zero-order valence-electron chi connectivity index (χ0n) is 17.5. The van der Waals surface area contributed by atoms with Crippen LogP contribution in [0.4, 0.5) is 0 Å². The van der Waals surface area contributed by atoms with E-state index >= 15 is 0 Å². The molecule has 5 nitrogen and oxygen atoms in total. The molecule has 0 bridgehead atoms. The lowest BCUT2D eigenvalue weighted by atomic mass is 10.0. The van der Waals surface area contributed by atoms with E-state index in [9.17, 15) is 4.79 Å². The summed E-state index contributed by atoms with van der Waals surface area (Å²) in [7, 11) is 0. The molecule has 5 rings (SSSR count). The van der Waals surface area contributed by atoms with Gasteiger partial charge in [0.05, 0.1) is 11.6 Å². The van der Waals surface area contributed by atoms with E-state index in [1.165, 1.54) is 22.8 Å². The van der Waals surface area contributed by atoms with Crippen LogP contribution in [0.5, 0.6) is 0 Å². The van der Waals surface area contributed by atoms with Crippen LogP contribution in [0.1, 0.15) is 18.0 Å². The smallest absolute Gasteiger partial charge is 0.246 e. The van der Waals surface area contributed by atoms with Crippen LogP contribution in [-0.4, -0.2) is 38.7 Å². The van der Waals surface area contributed by atoms with Gasteiger partial charge < -0.3 is 4.90 Å². The maximum Gasteiger partial charge on any atom is 0.246 e. The lowest BCUT2D eigenvalue weighted by molar-refractivity contribution is -0.125. The van der Waals surface area contributed by atoms with Crippen molar-refractivity contribution in [3.8, 4) is 22.4 Å². The maximum absolute atomic E-state index is 12.0. The van der Waals surface area contributed by atoms with Crippen molar-refractivity contribution in [2.24, 2.45) is 0 Å². The number of benzene rings is 2. The molecule has 31 heavy (non-hydrogen) atoms. The second kappa shape index (κ2) is 7.84. The Bertz CT molecular complexity index is 1270. The third-order valence-electron chi connectivity index (χ3n) is 6.01. The average Bonchev–Trinajstić information content (AvgIpc) is 3.44. The third-order valence-corrected chi connectivity index (χ3v) is 6.01. The molecule has 0 spiro atoms. The predicted molar refractivity (Wildman–Crippen MR) is 124 cm³/mol. The number of aromatic nitrogens is 3. The van der Waals surface area contributed by atoms with E-state index < -0.39 is 0 Å². The average molecular weight is 409 g/mol. The highest BCUT2D eigenvalue weighted by atomic mass is 16.2. The standard InChI is InChI=1S/C26H24N4O/c1-3-25(31)29-14-12-22(17-29)30-24-11-13-27-16-23(24)26(28-30)20-9-7-19(8-10-20)21-6-4-5-18(2)15-21/h3-11,13,15-16,22H,1,12,14,17H2,2H3/t22-/m1/s1. The molecule has 4 aromatic rings. The molecule has 5 heteroatoms. The molecule has 1 amide bonds. The van der Waals surface area contributed by atoms with Gasteiger partial charge in [-0.2, -0.15) is 5.10 Å². The normalized spacial score (nSPS) is 16.0. The molecule has 1 aliphatic heterocycles. The van der Waals surface area contributed by atoms with Crippen molar-refractivity contribution >= 4 is 16.8 Å². The summed E-state index contributed by atoms with van der Waals surface area (Å²) < 4.78 is 2.07. The lowest BCUT2D eigenvalue weighted by Gasteiger charge is -2.15. The minimum Gasteiger partial charge on any atom is -0.337 e. The zero-order chi connectivity index (χ0) is 21.4. The molecule has 1 fully saturated rings. The van der Waals surface area contributed by atoms with Gasteiger partial charge in [0, 0.05) is 36.4 Å². The van der Waals surface area contributed by atoms with Gasteiger partial charge in [-0.25, -0.2) is 0 Å². The first-order chi connectivity index (χ1) is 15.1. The molecule has 1 atom stereocenters. The summed E-state index contributed by atoms with van der Waals surface area (Å²) in [5.41, 5.74) is 6.67. The molecule has 3 heterocycles. The van der Waals surface area contributed by atoms with E-state index in [0.717, 1.165) is 35.1 Å². The number of hydrogen-bond donors (Lipinski definition) is 0. The number of likely N-dealkylation sites (tertiary alicyclic amines) is 1. The number of carbonyl (C=O) groups is 1. The second-order valence-electron chi connectivity index (χ2n) is 8.06. The van der Waals surface area contributed by atoms with Crippen LogP contribution >= 0.6 is 0 Å². The number of amides is 1. The number of hydrogen-bond acceptors (Lipinski definition) is 3. The van der Waals surface area contributed by atoms with E-state index in [-0.39, 0.29) is 11.9 Å². The molecule has 2 aromatic carbocycles. The third kappa shape index (κ3) is 3.52. The Morgan fingerprint density at radius 3 is 2.68 bits per heavy atom. The first-order valence-electron chi connectivity index (χ1n) is 10.5. The van der Waals surface area contributed by atoms with Crippen LogP contribution in [-0.2, 0) is 4.79 Å².